The first-order valence-electron chi connectivity index (χ1n) is 5.37. The van der Waals surface area contributed by atoms with Crippen LogP contribution in [0.5, 0.6) is 5.75 Å². The molecule has 1 aromatic carbocycles. The second-order valence-corrected chi connectivity index (χ2v) is 3.91. The first-order valence-corrected chi connectivity index (χ1v) is 5.90. The summed E-state index contributed by atoms with van der Waals surface area (Å²) < 4.78 is 5.43. The van der Waals surface area contributed by atoms with Gasteiger partial charge in [0.25, 0.3) is 0 Å². The van der Waals surface area contributed by atoms with Crippen LogP contribution >= 0.6 is 11.6 Å². The van der Waals surface area contributed by atoms with E-state index in [9.17, 15) is 4.79 Å². The van der Waals surface area contributed by atoms with E-state index in [0.29, 0.717) is 24.7 Å². The molecule has 2 rings (SSSR count). The van der Waals surface area contributed by atoms with E-state index in [1.807, 2.05) is 18.2 Å². The second kappa shape index (κ2) is 5.60. The third-order valence-corrected chi connectivity index (χ3v) is 2.61. The molecule has 0 fully saturated rings. The number of ether oxygens (including phenoxy) is 1. The maximum absolute atomic E-state index is 11.2. The Balaban J connectivity index is 2.05. The number of benzene rings is 1. The largest absolute Gasteiger partial charge is 0.481 e. The van der Waals surface area contributed by atoms with Gasteiger partial charge in [-0.25, -0.2) is 0 Å². The van der Waals surface area contributed by atoms with Crippen molar-refractivity contribution < 1.29 is 9.53 Å². The van der Waals surface area contributed by atoms with Gasteiger partial charge in [0, 0.05) is 18.2 Å². The number of nitrogens with one attached hydrogen (secondary N) is 1. The van der Waals surface area contributed by atoms with Gasteiger partial charge in [-0.05, 0) is 18.1 Å². The molecule has 3 nitrogen and oxygen atoms in total. The Bertz CT molecular complexity index is 488. The third kappa shape index (κ3) is 3.15. The molecular formula is C13H12ClNO2. The Labute approximate surface area is 105 Å². The minimum absolute atomic E-state index is 0.0524. The summed E-state index contributed by atoms with van der Waals surface area (Å²) in [6.07, 6.45) is 1.34. The first-order chi connectivity index (χ1) is 8.29. The van der Waals surface area contributed by atoms with Crippen LogP contribution < -0.4 is 10.1 Å². The summed E-state index contributed by atoms with van der Waals surface area (Å²) in [5, 5.41) is 2.83. The van der Waals surface area contributed by atoms with Crippen molar-refractivity contribution in [1.29, 1.82) is 0 Å². The van der Waals surface area contributed by atoms with Crippen molar-refractivity contribution >= 4 is 23.2 Å². The van der Waals surface area contributed by atoms with Gasteiger partial charge in [-0.3, -0.25) is 4.79 Å². The Morgan fingerprint density at radius 2 is 2.24 bits per heavy atom. The molecule has 0 spiro atoms. The van der Waals surface area contributed by atoms with Crippen LogP contribution in [0.15, 0.2) is 18.2 Å². The number of halogens is 1. The fourth-order valence-electron chi connectivity index (χ4n) is 1.66. The van der Waals surface area contributed by atoms with Gasteiger partial charge < -0.3 is 10.1 Å². The molecule has 0 aliphatic carbocycles. The molecule has 17 heavy (non-hydrogen) atoms. The molecule has 1 N–H and O–H groups in total. The maximum Gasteiger partial charge on any atom is 0.224 e. The molecular weight excluding hydrogens is 238 g/mol. The third-order valence-electron chi connectivity index (χ3n) is 2.48. The topological polar surface area (TPSA) is 38.3 Å². The van der Waals surface area contributed by atoms with Crippen LogP contribution in [0.3, 0.4) is 0 Å². The van der Waals surface area contributed by atoms with Crippen LogP contribution in [0.4, 0.5) is 5.69 Å². The van der Waals surface area contributed by atoms with Crippen LogP contribution in [0.1, 0.15) is 12.0 Å². The standard InChI is InChI=1S/C13H12ClNO2/c14-7-1-2-8-17-11-5-3-10-4-6-13(16)15-12(10)9-11/h3,5,9H,4,6-8H2,(H,15,16). The lowest BCUT2D eigenvalue weighted by Gasteiger charge is -2.17. The van der Waals surface area contributed by atoms with E-state index in [1.165, 1.54) is 0 Å². The summed E-state index contributed by atoms with van der Waals surface area (Å²) in [5.41, 5.74) is 1.98. The van der Waals surface area contributed by atoms with E-state index in [4.69, 9.17) is 16.3 Å². The van der Waals surface area contributed by atoms with Crippen molar-refractivity contribution in [2.24, 2.45) is 0 Å². The zero-order valence-electron chi connectivity index (χ0n) is 9.25. The van der Waals surface area contributed by atoms with Gasteiger partial charge >= 0.3 is 0 Å². The van der Waals surface area contributed by atoms with Gasteiger partial charge in [0.2, 0.25) is 5.91 Å². The number of fused-ring (bicyclic) bond motifs is 1. The van der Waals surface area contributed by atoms with E-state index < -0.39 is 0 Å². The van der Waals surface area contributed by atoms with Gasteiger partial charge in [-0.1, -0.05) is 17.9 Å². The van der Waals surface area contributed by atoms with Crippen molar-refractivity contribution in [3.05, 3.63) is 23.8 Å². The fraction of sp³-hybridized carbons (Fsp3) is 0.308. The van der Waals surface area contributed by atoms with Crippen molar-refractivity contribution in [2.45, 2.75) is 12.8 Å². The molecule has 0 bridgehead atoms. The second-order valence-electron chi connectivity index (χ2n) is 3.64. The molecule has 4 heteroatoms. The Hall–Kier alpha value is -1.66. The molecule has 0 unspecified atom stereocenters. The van der Waals surface area contributed by atoms with Crippen LogP contribution in [-0.4, -0.2) is 18.4 Å². The molecule has 1 aliphatic heterocycles. The highest BCUT2D eigenvalue weighted by Gasteiger charge is 2.14. The highest BCUT2D eigenvalue weighted by Crippen LogP contribution is 2.26. The lowest BCUT2D eigenvalue weighted by molar-refractivity contribution is -0.116. The van der Waals surface area contributed by atoms with Crippen molar-refractivity contribution in [3.8, 4) is 17.6 Å². The molecule has 1 aliphatic rings. The fourth-order valence-corrected chi connectivity index (χ4v) is 1.75. The van der Waals surface area contributed by atoms with E-state index in [-0.39, 0.29) is 5.91 Å². The molecule has 1 heterocycles. The number of amides is 1. The molecule has 0 saturated heterocycles. The SMILES string of the molecule is O=C1CCc2ccc(OCC#CCCl)cc2N1. The van der Waals surface area contributed by atoms with Crippen molar-refractivity contribution in [3.63, 3.8) is 0 Å². The van der Waals surface area contributed by atoms with Gasteiger partial charge in [0.15, 0.2) is 0 Å². The molecule has 0 radical (unpaired) electrons. The Morgan fingerprint density at radius 1 is 1.35 bits per heavy atom. The van der Waals surface area contributed by atoms with E-state index >= 15 is 0 Å². The van der Waals surface area contributed by atoms with Gasteiger partial charge in [-0.15, -0.1) is 11.6 Å². The number of carbonyl (C=O) groups is 1. The zero-order valence-corrected chi connectivity index (χ0v) is 10.0. The van der Waals surface area contributed by atoms with Gasteiger partial charge in [-0.2, -0.15) is 0 Å². The first kappa shape index (κ1) is 11.8. The number of hydrogen-bond acceptors (Lipinski definition) is 2. The number of aryl methyl sites for hydroxylation is 1. The minimum Gasteiger partial charge on any atom is -0.481 e. The van der Waals surface area contributed by atoms with Crippen LogP contribution in [-0.2, 0) is 11.2 Å². The number of rotatable bonds is 2. The van der Waals surface area contributed by atoms with Crippen molar-refractivity contribution in [1.82, 2.24) is 0 Å². The molecule has 0 aromatic heterocycles. The summed E-state index contributed by atoms with van der Waals surface area (Å²) >= 11 is 5.42. The molecule has 1 amide bonds. The van der Waals surface area contributed by atoms with E-state index in [1.54, 1.807) is 0 Å². The molecule has 88 valence electrons. The number of hydrogen-bond donors (Lipinski definition) is 1. The molecule has 0 saturated carbocycles. The summed E-state index contributed by atoms with van der Waals surface area (Å²) in [6.45, 7) is 0.305. The summed E-state index contributed by atoms with van der Waals surface area (Å²) in [5.74, 6) is 6.55. The predicted molar refractivity (Wildman–Crippen MR) is 67.4 cm³/mol. The van der Waals surface area contributed by atoms with Crippen molar-refractivity contribution in [2.75, 3.05) is 17.8 Å². The number of anilines is 1. The number of alkyl halides is 1. The normalized spacial score (nSPS) is 13.1. The van der Waals surface area contributed by atoms with Crippen LogP contribution in [0.25, 0.3) is 0 Å². The van der Waals surface area contributed by atoms with Gasteiger partial charge in [0.1, 0.15) is 12.4 Å². The smallest absolute Gasteiger partial charge is 0.224 e. The minimum atomic E-state index is 0.0524. The summed E-state index contributed by atoms with van der Waals surface area (Å²) in [6, 6.07) is 5.69. The Kier molecular flexibility index (Phi) is 3.89. The maximum atomic E-state index is 11.2. The predicted octanol–water partition coefficient (Wildman–Crippen LogP) is 2.19. The lowest BCUT2D eigenvalue weighted by Crippen LogP contribution is -2.18. The average molecular weight is 250 g/mol. The van der Waals surface area contributed by atoms with Gasteiger partial charge in [0.05, 0.1) is 5.88 Å². The molecule has 1 aromatic rings. The highest BCUT2D eigenvalue weighted by molar-refractivity contribution is 6.19. The zero-order chi connectivity index (χ0) is 12.1. The Morgan fingerprint density at radius 3 is 3.06 bits per heavy atom. The summed E-state index contributed by atoms with van der Waals surface area (Å²) in [7, 11) is 0. The number of carbonyl (C=O) groups excluding carboxylic acids is 1. The highest BCUT2D eigenvalue weighted by atomic mass is 35.5. The van der Waals surface area contributed by atoms with Crippen LogP contribution in [0, 0.1) is 11.8 Å². The van der Waals surface area contributed by atoms with Crippen LogP contribution in [0.2, 0.25) is 0 Å². The van der Waals surface area contributed by atoms with E-state index in [2.05, 4.69) is 17.2 Å². The lowest BCUT2D eigenvalue weighted by atomic mass is 10.0. The summed E-state index contributed by atoms with van der Waals surface area (Å²) in [4.78, 5) is 11.2. The molecule has 0 atom stereocenters. The van der Waals surface area contributed by atoms with E-state index in [0.717, 1.165) is 17.7 Å². The average Bonchev–Trinajstić information content (AvgIpc) is 2.34. The quantitative estimate of drug-likeness (QED) is 0.645. The monoisotopic (exact) mass is 249 g/mol.